The highest BCUT2D eigenvalue weighted by Crippen LogP contribution is 2.25. The molecule has 0 saturated carbocycles. The average molecular weight is 307 g/mol. The molecule has 2 N–H and O–H groups in total. The molecule has 6 heteroatoms. The van der Waals surface area contributed by atoms with Gasteiger partial charge in [0.05, 0.1) is 16.6 Å². The first-order valence-corrected chi connectivity index (χ1v) is 6.65. The summed E-state index contributed by atoms with van der Waals surface area (Å²) in [5.41, 5.74) is 8.58. The third-order valence-corrected chi connectivity index (χ3v) is 3.78. The van der Waals surface area contributed by atoms with Crippen LogP contribution in [0.25, 0.3) is 11.1 Å². The summed E-state index contributed by atoms with van der Waals surface area (Å²) in [4.78, 5) is 11.5. The van der Waals surface area contributed by atoms with Crippen LogP contribution in [0, 0.1) is 5.82 Å². The van der Waals surface area contributed by atoms with Crippen molar-refractivity contribution in [3.05, 3.63) is 68.9 Å². The molecule has 3 rings (SSSR count). The van der Waals surface area contributed by atoms with E-state index in [1.807, 2.05) is 0 Å². The molecule has 0 aliphatic rings. The Morgan fingerprint density at radius 2 is 1.90 bits per heavy atom. The minimum absolute atomic E-state index is 0.0514. The van der Waals surface area contributed by atoms with Gasteiger partial charge in [0.1, 0.15) is 5.82 Å². The third-order valence-electron chi connectivity index (χ3n) is 3.48. The van der Waals surface area contributed by atoms with Crippen molar-refractivity contribution in [1.82, 2.24) is 4.57 Å². The Labute approximate surface area is 124 Å². The molecule has 0 radical (unpaired) electrons. The first kappa shape index (κ1) is 13.9. The van der Waals surface area contributed by atoms with Crippen LogP contribution >= 0.6 is 11.6 Å². The number of aromatic nitrogens is 1. The summed E-state index contributed by atoms with van der Waals surface area (Å²) in [5.74, 6) is -0.954. The van der Waals surface area contributed by atoms with Gasteiger partial charge in [0, 0.05) is 7.05 Å². The second-order valence-electron chi connectivity index (χ2n) is 4.81. The summed E-state index contributed by atoms with van der Waals surface area (Å²) in [6, 6.07) is 9.13. The van der Waals surface area contributed by atoms with E-state index in [-0.39, 0.29) is 5.02 Å². The number of hydrogen-bond acceptors (Lipinski definition) is 3. The Hall–Kier alpha value is -2.11. The van der Waals surface area contributed by atoms with Gasteiger partial charge < -0.3 is 10.2 Å². The number of benzene rings is 2. The Morgan fingerprint density at radius 1 is 1.24 bits per heavy atom. The maximum Gasteiger partial charge on any atom is 0.419 e. The van der Waals surface area contributed by atoms with Crippen molar-refractivity contribution in [2.24, 2.45) is 12.8 Å². The summed E-state index contributed by atoms with van der Waals surface area (Å²) in [6.07, 6.45) is 0. The molecule has 1 unspecified atom stereocenters. The van der Waals surface area contributed by atoms with Crippen LogP contribution in [-0.4, -0.2) is 4.57 Å². The monoisotopic (exact) mass is 306 g/mol. The molecule has 0 aliphatic carbocycles. The summed E-state index contributed by atoms with van der Waals surface area (Å²) in [5, 5.41) is 0.0514. The molecule has 0 saturated heterocycles. The molecule has 0 bridgehead atoms. The van der Waals surface area contributed by atoms with Crippen molar-refractivity contribution >= 4 is 22.7 Å². The zero-order chi connectivity index (χ0) is 15.1. The number of halogens is 2. The van der Waals surface area contributed by atoms with E-state index in [4.69, 9.17) is 21.8 Å². The summed E-state index contributed by atoms with van der Waals surface area (Å²) >= 11 is 5.66. The number of oxazole rings is 1. The number of rotatable bonds is 2. The minimum atomic E-state index is -0.535. The highest BCUT2D eigenvalue weighted by molar-refractivity contribution is 6.30. The van der Waals surface area contributed by atoms with E-state index < -0.39 is 17.6 Å². The molecule has 4 nitrogen and oxygen atoms in total. The quantitative estimate of drug-likeness (QED) is 0.792. The third kappa shape index (κ3) is 2.34. The van der Waals surface area contributed by atoms with Crippen LogP contribution < -0.4 is 11.5 Å². The van der Waals surface area contributed by atoms with Gasteiger partial charge in [0.15, 0.2) is 5.58 Å². The lowest BCUT2D eigenvalue weighted by atomic mass is 9.99. The molecule has 2 aromatic carbocycles. The lowest BCUT2D eigenvalue weighted by molar-refractivity contribution is 0.527. The normalized spacial score (nSPS) is 12.8. The molecule has 3 aromatic rings. The van der Waals surface area contributed by atoms with Crippen LogP contribution in [-0.2, 0) is 7.05 Å². The molecule has 1 atom stereocenters. The highest BCUT2D eigenvalue weighted by atomic mass is 35.5. The zero-order valence-electron chi connectivity index (χ0n) is 11.1. The topological polar surface area (TPSA) is 61.2 Å². The van der Waals surface area contributed by atoms with Gasteiger partial charge in [0.25, 0.3) is 0 Å². The number of nitrogens with two attached hydrogens (primary N) is 1. The van der Waals surface area contributed by atoms with E-state index in [2.05, 4.69) is 0 Å². The van der Waals surface area contributed by atoms with Gasteiger partial charge in [-0.15, -0.1) is 0 Å². The maximum atomic E-state index is 13.5. The fourth-order valence-corrected chi connectivity index (χ4v) is 2.36. The van der Waals surface area contributed by atoms with Crippen molar-refractivity contribution in [3.63, 3.8) is 0 Å². The van der Waals surface area contributed by atoms with Gasteiger partial charge in [-0.05, 0) is 35.4 Å². The van der Waals surface area contributed by atoms with Crippen molar-refractivity contribution in [2.75, 3.05) is 0 Å². The van der Waals surface area contributed by atoms with Crippen molar-refractivity contribution in [3.8, 4) is 0 Å². The fourth-order valence-electron chi connectivity index (χ4n) is 2.24. The molecule has 1 heterocycles. The van der Waals surface area contributed by atoms with E-state index in [0.717, 1.165) is 5.56 Å². The molecule has 0 fully saturated rings. The predicted molar refractivity (Wildman–Crippen MR) is 78.9 cm³/mol. The average Bonchev–Trinajstić information content (AvgIpc) is 2.76. The van der Waals surface area contributed by atoms with E-state index in [0.29, 0.717) is 16.7 Å². The van der Waals surface area contributed by atoms with E-state index in [1.54, 1.807) is 31.3 Å². The maximum absolute atomic E-state index is 13.5. The van der Waals surface area contributed by atoms with Crippen LogP contribution in [0.2, 0.25) is 5.02 Å². The summed E-state index contributed by atoms with van der Waals surface area (Å²) in [6.45, 7) is 0. The standard InChI is InChI=1S/C15H12ClFN2O2/c1-19-12-5-3-9(7-13(12)21-15(19)20)14(18)8-2-4-10(16)11(17)6-8/h2-7,14H,18H2,1H3. The van der Waals surface area contributed by atoms with Gasteiger partial charge in [-0.2, -0.15) is 0 Å². The first-order valence-electron chi connectivity index (χ1n) is 6.27. The zero-order valence-corrected chi connectivity index (χ0v) is 11.9. The molecule has 0 amide bonds. The lowest BCUT2D eigenvalue weighted by Gasteiger charge is -2.13. The van der Waals surface area contributed by atoms with Crippen LogP contribution in [0.4, 0.5) is 4.39 Å². The van der Waals surface area contributed by atoms with Gasteiger partial charge in [0.2, 0.25) is 0 Å². The fraction of sp³-hybridized carbons (Fsp3) is 0.133. The second-order valence-corrected chi connectivity index (χ2v) is 5.21. The largest absolute Gasteiger partial charge is 0.419 e. The van der Waals surface area contributed by atoms with Crippen molar-refractivity contribution < 1.29 is 8.81 Å². The van der Waals surface area contributed by atoms with Crippen LogP contribution in [0.1, 0.15) is 17.2 Å². The van der Waals surface area contributed by atoms with Gasteiger partial charge in [-0.1, -0.05) is 23.7 Å². The van der Waals surface area contributed by atoms with Crippen LogP contribution in [0.5, 0.6) is 0 Å². The van der Waals surface area contributed by atoms with Gasteiger partial charge in [-0.25, -0.2) is 9.18 Å². The van der Waals surface area contributed by atoms with Crippen LogP contribution in [0.3, 0.4) is 0 Å². The molecule has 1 aromatic heterocycles. The Morgan fingerprint density at radius 3 is 2.62 bits per heavy atom. The highest BCUT2D eigenvalue weighted by Gasteiger charge is 2.14. The van der Waals surface area contributed by atoms with Gasteiger partial charge >= 0.3 is 5.76 Å². The van der Waals surface area contributed by atoms with E-state index in [1.165, 1.54) is 16.7 Å². The van der Waals surface area contributed by atoms with Crippen molar-refractivity contribution in [2.45, 2.75) is 6.04 Å². The minimum Gasteiger partial charge on any atom is -0.408 e. The second kappa shape index (κ2) is 5.02. The molecule has 0 aliphatic heterocycles. The van der Waals surface area contributed by atoms with E-state index in [9.17, 15) is 9.18 Å². The van der Waals surface area contributed by atoms with E-state index >= 15 is 0 Å². The SMILES string of the molecule is Cn1c(=O)oc2cc(C(N)c3ccc(Cl)c(F)c3)ccc21. The smallest absolute Gasteiger partial charge is 0.408 e. The number of hydrogen-bond donors (Lipinski definition) is 1. The summed E-state index contributed by atoms with van der Waals surface area (Å²) < 4.78 is 20.0. The molecule has 0 spiro atoms. The molecule has 108 valence electrons. The van der Waals surface area contributed by atoms with Gasteiger partial charge in [-0.3, -0.25) is 4.57 Å². The molecular formula is C15H12ClFN2O2. The van der Waals surface area contributed by atoms with Crippen LogP contribution in [0.15, 0.2) is 45.6 Å². The number of aryl methyl sites for hydroxylation is 1. The number of fused-ring (bicyclic) bond motifs is 1. The van der Waals surface area contributed by atoms with Crippen molar-refractivity contribution in [1.29, 1.82) is 0 Å². The summed E-state index contributed by atoms with van der Waals surface area (Å²) in [7, 11) is 1.63. The Kier molecular flexibility index (Phi) is 3.31. The predicted octanol–water partition coefficient (Wildman–Crippen LogP) is 2.97. The molecule has 21 heavy (non-hydrogen) atoms. The lowest BCUT2D eigenvalue weighted by Crippen LogP contribution is -2.12. The number of nitrogens with zero attached hydrogens (tertiary/aromatic N) is 1. The molecular weight excluding hydrogens is 295 g/mol. The first-order chi connectivity index (χ1) is 9.97. The Balaban J connectivity index is 2.06. The Bertz CT molecular complexity index is 885.